The van der Waals surface area contributed by atoms with Crippen LogP contribution in [0.4, 0.5) is 0 Å². The predicted octanol–water partition coefficient (Wildman–Crippen LogP) is -0.0427. The highest BCUT2D eigenvalue weighted by atomic mass is 32.2. The van der Waals surface area contributed by atoms with Crippen LogP contribution in [0, 0.1) is 0 Å². The maximum atomic E-state index is 11.9. The van der Waals surface area contributed by atoms with Crippen LogP contribution in [0.25, 0.3) is 0 Å². The number of pyridine rings is 1. The van der Waals surface area contributed by atoms with E-state index in [0.29, 0.717) is 12.2 Å². The lowest BCUT2D eigenvalue weighted by Crippen LogP contribution is -2.39. The van der Waals surface area contributed by atoms with E-state index in [-0.39, 0.29) is 6.54 Å². The normalized spacial score (nSPS) is 11.9. The maximum absolute atomic E-state index is 11.9. The molecule has 18 heavy (non-hydrogen) atoms. The third-order valence-corrected chi connectivity index (χ3v) is 3.98. The van der Waals surface area contributed by atoms with Gasteiger partial charge in [0.2, 0.25) is 0 Å². The first-order chi connectivity index (χ1) is 8.56. The van der Waals surface area contributed by atoms with Crippen molar-refractivity contribution in [3.05, 3.63) is 30.1 Å². The van der Waals surface area contributed by atoms with E-state index in [1.165, 1.54) is 4.31 Å². The van der Waals surface area contributed by atoms with Crippen LogP contribution in [0.2, 0.25) is 0 Å². The summed E-state index contributed by atoms with van der Waals surface area (Å²) in [6.07, 6.45) is 2.41. The first-order valence-corrected chi connectivity index (χ1v) is 7.25. The van der Waals surface area contributed by atoms with E-state index in [1.807, 2.05) is 13.1 Å². The van der Waals surface area contributed by atoms with Crippen molar-refractivity contribution >= 4 is 10.2 Å². The van der Waals surface area contributed by atoms with Gasteiger partial charge in [0.25, 0.3) is 10.2 Å². The zero-order chi connectivity index (χ0) is 13.4. The van der Waals surface area contributed by atoms with E-state index in [1.54, 1.807) is 25.4 Å². The molecule has 0 atom stereocenters. The quantitative estimate of drug-likeness (QED) is 0.651. The fourth-order valence-electron chi connectivity index (χ4n) is 1.38. The van der Waals surface area contributed by atoms with Crippen LogP contribution in [-0.4, -0.2) is 44.9 Å². The molecule has 0 fully saturated rings. The Balaban J connectivity index is 2.44. The fourth-order valence-corrected chi connectivity index (χ4v) is 2.30. The summed E-state index contributed by atoms with van der Waals surface area (Å²) in [4.78, 5) is 4.06. The van der Waals surface area contributed by atoms with Crippen LogP contribution in [0.1, 0.15) is 12.1 Å². The van der Waals surface area contributed by atoms with Crippen molar-refractivity contribution in [2.24, 2.45) is 0 Å². The summed E-state index contributed by atoms with van der Waals surface area (Å²) in [5, 5.41) is 2.98. The molecule has 1 heterocycles. The van der Waals surface area contributed by atoms with Crippen LogP contribution in [0.15, 0.2) is 24.4 Å². The third kappa shape index (κ3) is 5.09. The van der Waals surface area contributed by atoms with Gasteiger partial charge in [0.05, 0.1) is 12.2 Å². The average Bonchev–Trinajstić information content (AvgIpc) is 2.38. The third-order valence-electron chi connectivity index (χ3n) is 2.47. The highest BCUT2D eigenvalue weighted by molar-refractivity contribution is 7.87. The molecule has 0 aliphatic carbocycles. The van der Waals surface area contributed by atoms with Gasteiger partial charge in [-0.1, -0.05) is 6.07 Å². The minimum atomic E-state index is -3.42. The molecular weight excluding hydrogens is 252 g/mol. The van der Waals surface area contributed by atoms with Gasteiger partial charge in [-0.3, -0.25) is 4.98 Å². The molecule has 0 aliphatic rings. The van der Waals surface area contributed by atoms with Crippen molar-refractivity contribution in [1.29, 1.82) is 0 Å². The van der Waals surface area contributed by atoms with Gasteiger partial charge in [0.15, 0.2) is 0 Å². The Kier molecular flexibility index (Phi) is 6.20. The molecule has 1 rings (SSSR count). The molecule has 0 unspecified atom stereocenters. The lowest BCUT2D eigenvalue weighted by atomic mass is 10.4. The molecule has 0 aliphatic heterocycles. The molecule has 0 aromatic carbocycles. The largest absolute Gasteiger partial charge is 0.320 e. The summed E-state index contributed by atoms with van der Waals surface area (Å²) in [5.41, 5.74) is 0.699. The van der Waals surface area contributed by atoms with Gasteiger partial charge in [-0.05, 0) is 32.1 Å². The second-order valence-electron chi connectivity index (χ2n) is 3.93. The number of rotatable bonds is 8. The molecule has 7 heteroatoms. The molecule has 1 aromatic heterocycles. The number of nitrogens with zero attached hydrogens (tertiary/aromatic N) is 2. The van der Waals surface area contributed by atoms with Crippen LogP contribution in [0.3, 0.4) is 0 Å². The Bertz CT molecular complexity index is 436. The van der Waals surface area contributed by atoms with E-state index >= 15 is 0 Å². The molecule has 6 nitrogen and oxygen atoms in total. The molecule has 0 bridgehead atoms. The molecular formula is C11H20N4O2S. The van der Waals surface area contributed by atoms with Crippen molar-refractivity contribution in [3.8, 4) is 0 Å². The van der Waals surface area contributed by atoms with Crippen LogP contribution < -0.4 is 10.0 Å². The topological polar surface area (TPSA) is 74.3 Å². The van der Waals surface area contributed by atoms with Crippen molar-refractivity contribution in [3.63, 3.8) is 0 Å². The SMILES string of the molecule is CNCCCN(C)S(=O)(=O)NCc1ccccn1. The summed E-state index contributed by atoms with van der Waals surface area (Å²) in [6.45, 7) is 1.48. The molecule has 0 saturated heterocycles. The second kappa shape index (κ2) is 7.42. The summed E-state index contributed by atoms with van der Waals surface area (Å²) in [7, 11) is -0.0164. The van der Waals surface area contributed by atoms with Crippen molar-refractivity contribution in [2.45, 2.75) is 13.0 Å². The van der Waals surface area contributed by atoms with Crippen LogP contribution in [-0.2, 0) is 16.8 Å². The van der Waals surface area contributed by atoms with Gasteiger partial charge in [0, 0.05) is 19.8 Å². The van der Waals surface area contributed by atoms with E-state index in [2.05, 4.69) is 15.0 Å². The monoisotopic (exact) mass is 272 g/mol. The van der Waals surface area contributed by atoms with E-state index in [4.69, 9.17) is 0 Å². The van der Waals surface area contributed by atoms with Crippen molar-refractivity contribution in [1.82, 2.24) is 19.3 Å². The Labute approximate surface area is 109 Å². The summed E-state index contributed by atoms with van der Waals surface area (Å²) < 4.78 is 27.6. The fraction of sp³-hybridized carbons (Fsp3) is 0.545. The van der Waals surface area contributed by atoms with Crippen LogP contribution in [0.5, 0.6) is 0 Å². The molecule has 2 N–H and O–H groups in total. The van der Waals surface area contributed by atoms with E-state index < -0.39 is 10.2 Å². The van der Waals surface area contributed by atoms with Gasteiger partial charge >= 0.3 is 0 Å². The second-order valence-corrected chi connectivity index (χ2v) is 5.79. The van der Waals surface area contributed by atoms with Crippen LogP contribution >= 0.6 is 0 Å². The first kappa shape index (κ1) is 15.0. The highest BCUT2D eigenvalue weighted by Crippen LogP contribution is 1.98. The van der Waals surface area contributed by atoms with Gasteiger partial charge in [0.1, 0.15) is 0 Å². The predicted molar refractivity (Wildman–Crippen MR) is 71.2 cm³/mol. The molecule has 1 aromatic rings. The van der Waals surface area contributed by atoms with Gasteiger partial charge in [-0.25, -0.2) is 0 Å². The zero-order valence-corrected chi connectivity index (χ0v) is 11.6. The highest BCUT2D eigenvalue weighted by Gasteiger charge is 2.16. The molecule has 102 valence electrons. The lowest BCUT2D eigenvalue weighted by molar-refractivity contribution is 0.447. The van der Waals surface area contributed by atoms with E-state index in [9.17, 15) is 8.42 Å². The Morgan fingerprint density at radius 3 is 2.78 bits per heavy atom. The summed E-state index contributed by atoms with van der Waals surface area (Å²) in [6, 6.07) is 5.40. The van der Waals surface area contributed by atoms with Gasteiger partial charge in [-0.2, -0.15) is 17.4 Å². The minimum absolute atomic E-state index is 0.208. The number of nitrogens with one attached hydrogen (secondary N) is 2. The first-order valence-electron chi connectivity index (χ1n) is 5.81. The molecule has 0 spiro atoms. The molecule has 0 amide bonds. The smallest absolute Gasteiger partial charge is 0.279 e. The summed E-state index contributed by atoms with van der Waals surface area (Å²) >= 11 is 0. The molecule has 0 saturated carbocycles. The van der Waals surface area contributed by atoms with Crippen molar-refractivity contribution < 1.29 is 8.42 Å². The lowest BCUT2D eigenvalue weighted by Gasteiger charge is -2.17. The Morgan fingerprint density at radius 1 is 1.39 bits per heavy atom. The maximum Gasteiger partial charge on any atom is 0.279 e. The zero-order valence-electron chi connectivity index (χ0n) is 10.8. The number of hydrogen-bond acceptors (Lipinski definition) is 4. The molecule has 0 radical (unpaired) electrons. The van der Waals surface area contributed by atoms with Crippen molar-refractivity contribution in [2.75, 3.05) is 27.2 Å². The minimum Gasteiger partial charge on any atom is -0.320 e. The van der Waals surface area contributed by atoms with Gasteiger partial charge in [-0.15, -0.1) is 0 Å². The van der Waals surface area contributed by atoms with E-state index in [0.717, 1.165) is 13.0 Å². The Hall–Kier alpha value is -1.02. The van der Waals surface area contributed by atoms with Gasteiger partial charge < -0.3 is 5.32 Å². The Morgan fingerprint density at radius 2 is 2.17 bits per heavy atom. The average molecular weight is 272 g/mol. The standard InChI is InChI=1S/C11H20N4O2S/c1-12-7-5-9-15(2)18(16,17)14-10-11-6-3-4-8-13-11/h3-4,6,8,12,14H,5,7,9-10H2,1-2H3. The summed E-state index contributed by atoms with van der Waals surface area (Å²) in [5.74, 6) is 0. The number of hydrogen-bond donors (Lipinski definition) is 2. The number of aromatic nitrogens is 1.